The lowest BCUT2D eigenvalue weighted by Crippen LogP contribution is -2.56. The molecule has 0 fully saturated rings. The van der Waals surface area contributed by atoms with Crippen molar-refractivity contribution in [2.75, 3.05) is 0 Å². The van der Waals surface area contributed by atoms with Gasteiger partial charge in [-0.25, -0.2) is 0 Å². The number of hydrogen-bond acceptors (Lipinski definition) is 5. The van der Waals surface area contributed by atoms with E-state index in [1.54, 1.807) is 0 Å². The average molecular weight is 422 g/mol. The summed E-state index contributed by atoms with van der Waals surface area (Å²) in [4.78, 5) is 5.97. The first kappa shape index (κ1) is 16.8. The van der Waals surface area contributed by atoms with Crippen molar-refractivity contribution in [1.29, 1.82) is 0 Å². The molecule has 4 aromatic heterocycles. The van der Waals surface area contributed by atoms with Crippen LogP contribution in [0, 0.1) is 0 Å². The third-order valence-corrected chi connectivity index (χ3v) is 9.67. The number of fused-ring (bicyclic) bond motifs is 4. The van der Waals surface area contributed by atoms with Gasteiger partial charge in [0.05, 0.1) is 0 Å². The zero-order valence-electron chi connectivity index (χ0n) is 14.6. The molecule has 0 N–H and O–H groups in total. The maximum atomic E-state index is 7.06. The summed E-state index contributed by atoms with van der Waals surface area (Å²) in [5.74, 6) is 0. The van der Waals surface area contributed by atoms with Crippen LogP contribution < -0.4 is 21.9 Å². The Bertz CT molecular complexity index is 934. The Kier molecular flexibility index (Phi) is 4.20. The number of hydrogen-bond donors (Lipinski definition) is 0. The van der Waals surface area contributed by atoms with Crippen LogP contribution in [-0.2, 0) is 30.3 Å². The third-order valence-electron chi connectivity index (χ3n) is 5.68. The van der Waals surface area contributed by atoms with Gasteiger partial charge in [0.1, 0.15) is 0 Å². The normalized spacial score (nSPS) is 15.6. The molecular formula is C20H16B2OS4. The van der Waals surface area contributed by atoms with E-state index in [0.717, 1.165) is 25.7 Å². The first-order valence-electron chi connectivity index (χ1n) is 9.29. The van der Waals surface area contributed by atoms with Gasteiger partial charge in [-0.1, -0.05) is 24.3 Å². The maximum Gasteiger partial charge on any atom is 0.349 e. The Labute approximate surface area is 175 Å². The third kappa shape index (κ3) is 2.75. The lowest BCUT2D eigenvalue weighted by molar-refractivity contribution is 0.633. The number of thiophene rings is 4. The fraction of sp³-hybridized carbons (Fsp3) is 0.200. The van der Waals surface area contributed by atoms with E-state index in [2.05, 4.69) is 45.8 Å². The van der Waals surface area contributed by atoms with E-state index in [1.165, 1.54) is 41.4 Å². The van der Waals surface area contributed by atoms with Gasteiger partial charge < -0.3 is 4.57 Å². The molecule has 132 valence electrons. The van der Waals surface area contributed by atoms with Gasteiger partial charge in [-0.05, 0) is 69.1 Å². The Balaban J connectivity index is 1.49. The highest BCUT2D eigenvalue weighted by Gasteiger charge is 2.38. The fourth-order valence-corrected chi connectivity index (χ4v) is 8.01. The second-order valence-electron chi connectivity index (χ2n) is 7.09. The van der Waals surface area contributed by atoms with Gasteiger partial charge in [0.15, 0.2) is 0 Å². The van der Waals surface area contributed by atoms with Crippen molar-refractivity contribution < 1.29 is 4.57 Å². The van der Waals surface area contributed by atoms with Gasteiger partial charge in [0.25, 0.3) is 0 Å². The molecule has 0 atom stereocenters. The van der Waals surface area contributed by atoms with Crippen LogP contribution >= 0.6 is 45.3 Å². The van der Waals surface area contributed by atoms with Gasteiger partial charge in [-0.3, -0.25) is 0 Å². The Hall–Kier alpha value is -1.11. The molecule has 2 aliphatic rings. The van der Waals surface area contributed by atoms with E-state index >= 15 is 0 Å². The summed E-state index contributed by atoms with van der Waals surface area (Å²) >= 11 is 7.54. The molecule has 0 radical (unpaired) electrons. The zero-order valence-corrected chi connectivity index (χ0v) is 17.9. The van der Waals surface area contributed by atoms with Crippen LogP contribution in [0.2, 0.25) is 0 Å². The van der Waals surface area contributed by atoms with E-state index in [1.807, 2.05) is 45.3 Å². The maximum absolute atomic E-state index is 7.06. The summed E-state index contributed by atoms with van der Waals surface area (Å²) in [6.45, 7) is 0.0807. The second-order valence-corrected chi connectivity index (χ2v) is 11.1. The fourth-order valence-electron chi connectivity index (χ4n) is 4.37. The highest BCUT2D eigenvalue weighted by atomic mass is 32.1. The molecule has 0 aliphatic carbocycles. The van der Waals surface area contributed by atoms with Crippen molar-refractivity contribution >= 4 is 81.0 Å². The topological polar surface area (TPSA) is 9.23 Å². The van der Waals surface area contributed by atoms with Crippen LogP contribution in [0.5, 0.6) is 0 Å². The summed E-state index contributed by atoms with van der Waals surface area (Å²) in [7, 11) is 0. The minimum Gasteiger partial charge on any atom is -0.483 e. The van der Waals surface area contributed by atoms with Crippen molar-refractivity contribution in [2.24, 2.45) is 0 Å². The van der Waals surface area contributed by atoms with E-state index in [-0.39, 0.29) is 13.8 Å². The monoisotopic (exact) mass is 422 g/mol. The minimum atomic E-state index is 0.0404. The van der Waals surface area contributed by atoms with E-state index in [4.69, 9.17) is 4.57 Å². The molecule has 0 spiro atoms. The quantitative estimate of drug-likeness (QED) is 0.452. The predicted octanol–water partition coefficient (Wildman–Crippen LogP) is 3.06. The predicted molar refractivity (Wildman–Crippen MR) is 123 cm³/mol. The van der Waals surface area contributed by atoms with Gasteiger partial charge in [-0.2, -0.15) is 0 Å². The zero-order chi connectivity index (χ0) is 17.8. The van der Waals surface area contributed by atoms with Gasteiger partial charge in [-0.15, -0.1) is 45.3 Å². The van der Waals surface area contributed by atoms with E-state index < -0.39 is 0 Å². The lowest BCUT2D eigenvalue weighted by Gasteiger charge is -2.21. The van der Waals surface area contributed by atoms with Crippen LogP contribution in [0.1, 0.15) is 19.5 Å². The van der Waals surface area contributed by atoms with Gasteiger partial charge in [0.2, 0.25) is 0 Å². The molecule has 27 heavy (non-hydrogen) atoms. The molecule has 1 nitrogen and oxygen atoms in total. The smallest absolute Gasteiger partial charge is 0.349 e. The average Bonchev–Trinajstić information content (AvgIpc) is 3.46. The van der Waals surface area contributed by atoms with Crippen molar-refractivity contribution in [3.05, 3.63) is 65.3 Å². The summed E-state index contributed by atoms with van der Waals surface area (Å²) in [5.41, 5.74) is 5.54. The molecule has 6 heterocycles. The van der Waals surface area contributed by atoms with Crippen LogP contribution in [0.25, 0.3) is 0 Å². The highest BCUT2D eigenvalue weighted by molar-refractivity contribution is 7.16. The summed E-state index contributed by atoms with van der Waals surface area (Å²) < 4.78 is 7.06. The molecule has 0 unspecified atom stereocenters. The molecule has 0 amide bonds. The first-order chi connectivity index (χ1) is 13.4. The Morgan fingerprint density at radius 1 is 0.519 bits per heavy atom. The molecule has 7 heteroatoms. The van der Waals surface area contributed by atoms with Gasteiger partial charge >= 0.3 is 13.8 Å². The van der Waals surface area contributed by atoms with E-state index in [0.29, 0.717) is 0 Å². The van der Waals surface area contributed by atoms with Crippen molar-refractivity contribution in [2.45, 2.75) is 25.7 Å². The molecule has 6 rings (SSSR count). The van der Waals surface area contributed by atoms with Crippen molar-refractivity contribution in [1.82, 2.24) is 0 Å². The standard InChI is InChI=1S/C20H16B2OS4/c1-2-18-14(6-10-25-18)21(13-5-9-24-17(1)13)23-22-15-7-11-26-19(15)3-4-20-16(22)8-12-27-20/h5-12H,1-4H2. The highest BCUT2D eigenvalue weighted by Crippen LogP contribution is 2.23. The lowest BCUT2D eigenvalue weighted by atomic mass is 9.48. The van der Waals surface area contributed by atoms with Gasteiger partial charge in [0, 0.05) is 19.5 Å². The van der Waals surface area contributed by atoms with Crippen LogP contribution in [0.3, 0.4) is 0 Å². The molecule has 0 saturated heterocycles. The molecule has 0 saturated carbocycles. The molecular weight excluding hydrogens is 406 g/mol. The largest absolute Gasteiger partial charge is 0.483 e. The number of rotatable bonds is 2. The summed E-state index contributed by atoms with van der Waals surface area (Å²) in [5, 5.41) is 8.93. The van der Waals surface area contributed by atoms with E-state index in [9.17, 15) is 0 Å². The molecule has 4 aromatic rings. The van der Waals surface area contributed by atoms with Crippen LogP contribution in [0.4, 0.5) is 0 Å². The molecule has 0 aromatic carbocycles. The number of aryl methyl sites for hydroxylation is 4. The molecule has 0 bridgehead atoms. The van der Waals surface area contributed by atoms with Crippen LogP contribution in [-0.4, -0.2) is 13.8 Å². The summed E-state index contributed by atoms with van der Waals surface area (Å²) in [6.07, 6.45) is 4.55. The Morgan fingerprint density at radius 3 is 1.11 bits per heavy atom. The minimum absolute atomic E-state index is 0.0404. The molecule has 2 aliphatic heterocycles. The first-order valence-corrected chi connectivity index (χ1v) is 12.8. The van der Waals surface area contributed by atoms with Crippen molar-refractivity contribution in [3.63, 3.8) is 0 Å². The second kappa shape index (κ2) is 6.75. The van der Waals surface area contributed by atoms with Crippen LogP contribution in [0.15, 0.2) is 45.8 Å². The summed E-state index contributed by atoms with van der Waals surface area (Å²) in [6, 6.07) is 9.16. The SMILES string of the molecule is c1cc2c(s1)CCc1sccc1B2OB1c2ccsc2CCc2sccc21. The Morgan fingerprint density at radius 2 is 0.815 bits per heavy atom. The van der Waals surface area contributed by atoms with Crippen molar-refractivity contribution in [3.8, 4) is 0 Å².